The lowest BCUT2D eigenvalue weighted by Gasteiger charge is -2.14. The smallest absolute Gasteiger partial charge is 0.145 e. The van der Waals surface area contributed by atoms with Crippen LogP contribution in [-0.2, 0) is 11.0 Å². The van der Waals surface area contributed by atoms with Crippen molar-refractivity contribution in [2.24, 2.45) is 4.40 Å². The molecule has 0 N–H and O–H groups in total. The van der Waals surface area contributed by atoms with Crippen LogP contribution in [0.25, 0.3) is 0 Å². The molecule has 17 heavy (non-hydrogen) atoms. The normalized spacial score (nSPS) is 14.2. The van der Waals surface area contributed by atoms with Gasteiger partial charge in [0, 0.05) is 0 Å². The highest BCUT2D eigenvalue weighted by atomic mass is 32.2. The van der Waals surface area contributed by atoms with Gasteiger partial charge < -0.3 is 0 Å². The molecular formula is C13H16N2OS. The zero-order valence-electron chi connectivity index (χ0n) is 10.5. The molecule has 0 aromatic heterocycles. The van der Waals surface area contributed by atoms with Gasteiger partial charge in [-0.15, -0.1) is 0 Å². The highest BCUT2D eigenvalue weighted by Gasteiger charge is 2.19. The Balaban J connectivity index is 2.97. The SMILES string of the molecule is C/C(=N\S(=O)C(C)(C)C)c1ccc(C#N)cc1. The van der Waals surface area contributed by atoms with Gasteiger partial charge in [-0.3, -0.25) is 0 Å². The first-order valence-corrected chi connectivity index (χ1v) is 6.43. The van der Waals surface area contributed by atoms with E-state index in [1.165, 1.54) is 0 Å². The molecule has 1 unspecified atom stereocenters. The van der Waals surface area contributed by atoms with Crippen LogP contribution in [0, 0.1) is 11.3 Å². The van der Waals surface area contributed by atoms with E-state index < -0.39 is 11.0 Å². The third-order valence-electron chi connectivity index (χ3n) is 2.18. The largest absolute Gasteiger partial charge is 0.234 e. The highest BCUT2D eigenvalue weighted by Crippen LogP contribution is 2.14. The van der Waals surface area contributed by atoms with E-state index in [0.29, 0.717) is 5.56 Å². The Morgan fingerprint density at radius 1 is 1.29 bits per heavy atom. The third kappa shape index (κ3) is 3.79. The van der Waals surface area contributed by atoms with Gasteiger partial charge in [0.1, 0.15) is 11.0 Å². The Labute approximate surface area is 105 Å². The van der Waals surface area contributed by atoms with Gasteiger partial charge in [-0.1, -0.05) is 12.1 Å². The lowest BCUT2D eigenvalue weighted by molar-refractivity contribution is 0.650. The molecule has 0 aliphatic heterocycles. The second-order valence-electron chi connectivity index (χ2n) is 4.73. The van der Waals surface area contributed by atoms with E-state index in [4.69, 9.17) is 5.26 Å². The number of rotatable bonds is 2. The van der Waals surface area contributed by atoms with Crippen molar-refractivity contribution in [3.63, 3.8) is 0 Å². The Morgan fingerprint density at radius 2 is 1.82 bits per heavy atom. The van der Waals surface area contributed by atoms with Crippen LogP contribution in [0.15, 0.2) is 28.7 Å². The molecule has 0 aliphatic rings. The first kappa shape index (κ1) is 13.6. The van der Waals surface area contributed by atoms with Crippen LogP contribution < -0.4 is 0 Å². The summed E-state index contributed by atoms with van der Waals surface area (Å²) in [6, 6.07) is 9.15. The van der Waals surface area contributed by atoms with E-state index in [-0.39, 0.29) is 4.75 Å². The Kier molecular flexibility index (Phi) is 4.19. The molecule has 0 spiro atoms. The first-order valence-electron chi connectivity index (χ1n) is 5.32. The molecule has 0 saturated carbocycles. The van der Waals surface area contributed by atoms with Crippen molar-refractivity contribution in [3.8, 4) is 6.07 Å². The van der Waals surface area contributed by atoms with Crippen molar-refractivity contribution in [1.29, 1.82) is 5.26 Å². The second kappa shape index (κ2) is 5.24. The minimum atomic E-state index is -1.25. The molecule has 0 heterocycles. The predicted octanol–water partition coefficient (Wildman–Crippen LogP) is 2.83. The number of hydrogen-bond donors (Lipinski definition) is 0. The molecule has 0 bridgehead atoms. The fraction of sp³-hybridized carbons (Fsp3) is 0.385. The lowest BCUT2D eigenvalue weighted by Crippen LogP contribution is -2.20. The van der Waals surface area contributed by atoms with E-state index in [0.717, 1.165) is 11.3 Å². The molecule has 1 aromatic carbocycles. The molecule has 0 radical (unpaired) electrons. The average molecular weight is 248 g/mol. The summed E-state index contributed by atoms with van der Waals surface area (Å²) in [5, 5.41) is 8.69. The molecule has 0 amide bonds. The van der Waals surface area contributed by atoms with Gasteiger partial charge in [0.15, 0.2) is 0 Å². The van der Waals surface area contributed by atoms with Crippen LogP contribution in [0.5, 0.6) is 0 Å². The number of hydrogen-bond acceptors (Lipinski definition) is 2. The van der Waals surface area contributed by atoms with E-state index in [1.807, 2.05) is 39.8 Å². The van der Waals surface area contributed by atoms with Crippen molar-refractivity contribution >= 4 is 16.7 Å². The third-order valence-corrected chi connectivity index (χ3v) is 3.66. The summed E-state index contributed by atoms with van der Waals surface area (Å²) < 4.78 is 15.7. The minimum Gasteiger partial charge on any atom is -0.234 e. The van der Waals surface area contributed by atoms with Gasteiger partial charge >= 0.3 is 0 Å². The van der Waals surface area contributed by atoms with E-state index in [9.17, 15) is 4.21 Å². The summed E-state index contributed by atoms with van der Waals surface area (Å²) in [6.07, 6.45) is 0. The molecule has 0 fully saturated rings. The van der Waals surface area contributed by atoms with Crippen LogP contribution >= 0.6 is 0 Å². The van der Waals surface area contributed by atoms with Crippen LogP contribution in [0.4, 0.5) is 0 Å². The first-order chi connectivity index (χ1) is 7.84. The topological polar surface area (TPSA) is 53.2 Å². The van der Waals surface area contributed by atoms with Gasteiger partial charge in [0.2, 0.25) is 0 Å². The number of nitriles is 1. The predicted molar refractivity (Wildman–Crippen MR) is 71.3 cm³/mol. The van der Waals surface area contributed by atoms with Gasteiger partial charge in [0.05, 0.1) is 22.1 Å². The molecule has 0 aliphatic carbocycles. The van der Waals surface area contributed by atoms with Crippen molar-refractivity contribution in [2.75, 3.05) is 0 Å². The summed E-state index contributed by atoms with van der Waals surface area (Å²) in [5.74, 6) is 0. The molecule has 3 nitrogen and oxygen atoms in total. The Morgan fingerprint density at radius 3 is 2.24 bits per heavy atom. The Hall–Kier alpha value is -1.47. The maximum Gasteiger partial charge on any atom is 0.145 e. The van der Waals surface area contributed by atoms with Crippen molar-refractivity contribution < 1.29 is 4.21 Å². The fourth-order valence-electron chi connectivity index (χ4n) is 1.10. The van der Waals surface area contributed by atoms with Crippen LogP contribution in [0.2, 0.25) is 0 Å². The summed E-state index contributed by atoms with van der Waals surface area (Å²) in [4.78, 5) is 0. The van der Waals surface area contributed by atoms with E-state index in [2.05, 4.69) is 10.5 Å². The quantitative estimate of drug-likeness (QED) is 0.756. The zero-order valence-corrected chi connectivity index (χ0v) is 11.3. The molecule has 0 saturated heterocycles. The standard InChI is InChI=1S/C13H16N2OS/c1-10(15-17(16)13(2,3)4)12-7-5-11(9-14)6-8-12/h5-8H,1-4H3/b15-10+. The maximum atomic E-state index is 11.8. The van der Waals surface area contributed by atoms with E-state index >= 15 is 0 Å². The van der Waals surface area contributed by atoms with E-state index in [1.54, 1.807) is 12.1 Å². The second-order valence-corrected chi connectivity index (χ2v) is 6.63. The summed E-state index contributed by atoms with van der Waals surface area (Å²) in [5.41, 5.74) is 2.22. The molecule has 1 atom stereocenters. The summed E-state index contributed by atoms with van der Waals surface area (Å²) >= 11 is 0. The molecule has 1 rings (SSSR count). The van der Waals surface area contributed by atoms with Gasteiger partial charge in [-0.05, 0) is 45.4 Å². The number of benzene rings is 1. The Bertz CT molecular complexity index is 490. The monoisotopic (exact) mass is 248 g/mol. The van der Waals surface area contributed by atoms with Crippen LogP contribution in [0.1, 0.15) is 38.8 Å². The molecular weight excluding hydrogens is 232 g/mol. The fourth-order valence-corrected chi connectivity index (χ4v) is 1.73. The van der Waals surface area contributed by atoms with Gasteiger partial charge in [-0.2, -0.15) is 9.66 Å². The van der Waals surface area contributed by atoms with Crippen molar-refractivity contribution in [2.45, 2.75) is 32.4 Å². The highest BCUT2D eigenvalue weighted by molar-refractivity contribution is 7.85. The summed E-state index contributed by atoms with van der Waals surface area (Å²) in [6.45, 7) is 7.49. The summed E-state index contributed by atoms with van der Waals surface area (Å²) in [7, 11) is -1.25. The molecule has 90 valence electrons. The number of nitrogens with zero attached hydrogens (tertiary/aromatic N) is 2. The molecule has 4 heteroatoms. The van der Waals surface area contributed by atoms with Crippen molar-refractivity contribution in [3.05, 3.63) is 35.4 Å². The molecule has 1 aromatic rings. The maximum absolute atomic E-state index is 11.8. The average Bonchev–Trinajstić information content (AvgIpc) is 2.27. The zero-order chi connectivity index (χ0) is 13.1. The van der Waals surface area contributed by atoms with Gasteiger partial charge in [0.25, 0.3) is 0 Å². The van der Waals surface area contributed by atoms with Crippen LogP contribution in [-0.4, -0.2) is 14.7 Å². The van der Waals surface area contributed by atoms with Gasteiger partial charge in [-0.25, -0.2) is 4.21 Å². The van der Waals surface area contributed by atoms with Crippen molar-refractivity contribution in [1.82, 2.24) is 0 Å². The minimum absolute atomic E-state index is 0.353. The van der Waals surface area contributed by atoms with Crippen LogP contribution in [0.3, 0.4) is 0 Å². The lowest BCUT2D eigenvalue weighted by atomic mass is 10.1.